The quantitative estimate of drug-likeness (QED) is 0.819. The van der Waals surface area contributed by atoms with Crippen LogP contribution in [0.2, 0.25) is 0 Å². The number of amides is 1. The Hall–Kier alpha value is -0.910. The summed E-state index contributed by atoms with van der Waals surface area (Å²) in [7, 11) is 0. The van der Waals surface area contributed by atoms with Crippen LogP contribution in [0.3, 0.4) is 0 Å². The lowest BCUT2D eigenvalue weighted by molar-refractivity contribution is 0.0959. The lowest BCUT2D eigenvalue weighted by atomic mass is 10.1. The standard InChI is InChI=1S/C10H12ClNO3S/c1-8-2-4-9(5-3-8)10(13)12-7-16(14)15-6-11/h2-5H,6-7H2,1H3,(H,12,13). The number of halogens is 1. The van der Waals surface area contributed by atoms with Crippen molar-refractivity contribution in [3.05, 3.63) is 35.4 Å². The van der Waals surface area contributed by atoms with Gasteiger partial charge in [-0.2, -0.15) is 0 Å². The predicted molar refractivity (Wildman–Crippen MR) is 63.5 cm³/mol. The maximum absolute atomic E-state index is 11.5. The van der Waals surface area contributed by atoms with Crippen LogP contribution in [0, 0.1) is 6.92 Å². The maximum Gasteiger partial charge on any atom is 0.252 e. The van der Waals surface area contributed by atoms with E-state index in [2.05, 4.69) is 9.50 Å². The van der Waals surface area contributed by atoms with Crippen molar-refractivity contribution in [2.45, 2.75) is 6.92 Å². The summed E-state index contributed by atoms with van der Waals surface area (Å²) in [6.45, 7) is 1.94. The zero-order valence-electron chi connectivity index (χ0n) is 8.73. The normalized spacial score (nSPS) is 12.1. The largest absolute Gasteiger partial charge is 0.338 e. The molecule has 0 aromatic heterocycles. The highest BCUT2D eigenvalue weighted by atomic mass is 35.5. The molecule has 0 saturated heterocycles. The molecular weight excluding hydrogens is 250 g/mol. The third kappa shape index (κ3) is 4.30. The van der Waals surface area contributed by atoms with Crippen molar-refractivity contribution in [1.82, 2.24) is 5.32 Å². The summed E-state index contributed by atoms with van der Waals surface area (Å²) in [5.74, 6) is -0.356. The van der Waals surface area contributed by atoms with Gasteiger partial charge >= 0.3 is 0 Å². The monoisotopic (exact) mass is 261 g/mol. The van der Waals surface area contributed by atoms with E-state index in [9.17, 15) is 9.00 Å². The summed E-state index contributed by atoms with van der Waals surface area (Å²) in [6, 6.07) is 6.92. The Bertz CT molecular complexity index is 380. The van der Waals surface area contributed by atoms with E-state index in [4.69, 9.17) is 11.6 Å². The van der Waals surface area contributed by atoms with Crippen LogP contribution in [-0.4, -0.2) is 22.1 Å². The lowest BCUT2D eigenvalue weighted by Crippen LogP contribution is -2.27. The molecule has 0 heterocycles. The van der Waals surface area contributed by atoms with Crippen LogP contribution < -0.4 is 5.32 Å². The Morgan fingerprint density at radius 3 is 2.62 bits per heavy atom. The molecule has 16 heavy (non-hydrogen) atoms. The van der Waals surface area contributed by atoms with Crippen molar-refractivity contribution in [1.29, 1.82) is 0 Å². The summed E-state index contributed by atoms with van der Waals surface area (Å²) in [4.78, 5) is 11.5. The van der Waals surface area contributed by atoms with Crippen molar-refractivity contribution >= 4 is 28.6 Å². The molecule has 88 valence electrons. The van der Waals surface area contributed by atoms with Crippen LogP contribution in [0.1, 0.15) is 15.9 Å². The lowest BCUT2D eigenvalue weighted by Gasteiger charge is -2.04. The Balaban J connectivity index is 2.47. The summed E-state index contributed by atoms with van der Waals surface area (Å²) < 4.78 is 15.6. The molecule has 1 aromatic carbocycles. The average molecular weight is 262 g/mol. The van der Waals surface area contributed by atoms with Crippen molar-refractivity contribution in [3.63, 3.8) is 0 Å². The third-order valence-electron chi connectivity index (χ3n) is 1.84. The van der Waals surface area contributed by atoms with E-state index >= 15 is 0 Å². The molecule has 0 saturated carbocycles. The second-order valence-electron chi connectivity index (χ2n) is 3.05. The van der Waals surface area contributed by atoms with Gasteiger partial charge in [-0.3, -0.25) is 8.98 Å². The van der Waals surface area contributed by atoms with Crippen LogP contribution in [0.4, 0.5) is 0 Å². The minimum atomic E-state index is -1.58. The Morgan fingerprint density at radius 1 is 1.44 bits per heavy atom. The molecular formula is C10H12ClNO3S. The molecule has 1 unspecified atom stereocenters. The van der Waals surface area contributed by atoms with Gasteiger partial charge in [-0.25, -0.2) is 4.21 Å². The summed E-state index contributed by atoms with van der Waals surface area (Å²) >= 11 is 3.64. The molecule has 0 aliphatic heterocycles. The number of hydrogen-bond acceptors (Lipinski definition) is 3. The fourth-order valence-corrected chi connectivity index (χ4v) is 1.75. The average Bonchev–Trinajstić information content (AvgIpc) is 2.27. The molecule has 1 rings (SSSR count). The number of benzene rings is 1. The predicted octanol–water partition coefficient (Wildman–Crippen LogP) is 1.56. The van der Waals surface area contributed by atoms with Gasteiger partial charge in [-0.05, 0) is 19.1 Å². The number of nitrogens with one attached hydrogen (secondary N) is 1. The van der Waals surface area contributed by atoms with Gasteiger partial charge in [0.1, 0.15) is 11.9 Å². The molecule has 0 aliphatic rings. The molecule has 1 atom stereocenters. The number of rotatable bonds is 5. The maximum atomic E-state index is 11.5. The van der Waals surface area contributed by atoms with Gasteiger partial charge in [-0.1, -0.05) is 29.3 Å². The first-order chi connectivity index (χ1) is 7.63. The molecule has 0 fully saturated rings. The first-order valence-electron chi connectivity index (χ1n) is 4.56. The van der Waals surface area contributed by atoms with E-state index in [-0.39, 0.29) is 17.9 Å². The summed E-state index contributed by atoms with van der Waals surface area (Å²) in [5, 5.41) is 2.48. The third-order valence-corrected chi connectivity index (χ3v) is 2.84. The SMILES string of the molecule is Cc1ccc(C(=O)NCS(=O)OCCl)cc1. The van der Waals surface area contributed by atoms with E-state index in [1.807, 2.05) is 19.1 Å². The topological polar surface area (TPSA) is 55.4 Å². The number of carbonyl (C=O) groups excluding carboxylic acids is 1. The van der Waals surface area contributed by atoms with Gasteiger partial charge in [0.2, 0.25) is 0 Å². The molecule has 0 spiro atoms. The molecule has 4 nitrogen and oxygen atoms in total. The molecule has 0 bridgehead atoms. The van der Waals surface area contributed by atoms with Crippen molar-refractivity contribution < 1.29 is 13.2 Å². The van der Waals surface area contributed by atoms with Crippen LogP contribution in [0.15, 0.2) is 24.3 Å². The van der Waals surface area contributed by atoms with E-state index in [0.717, 1.165) is 5.56 Å². The van der Waals surface area contributed by atoms with Gasteiger partial charge in [0.25, 0.3) is 5.91 Å². The van der Waals surface area contributed by atoms with Crippen LogP contribution in [0.25, 0.3) is 0 Å². The molecule has 1 aromatic rings. The molecule has 1 amide bonds. The minimum absolute atomic E-state index is 0.0700. The molecule has 6 heteroatoms. The van der Waals surface area contributed by atoms with Gasteiger partial charge < -0.3 is 5.32 Å². The van der Waals surface area contributed by atoms with Crippen LogP contribution in [-0.2, 0) is 15.3 Å². The number of carbonyl (C=O) groups is 1. The zero-order chi connectivity index (χ0) is 12.0. The van der Waals surface area contributed by atoms with E-state index in [1.165, 1.54) is 0 Å². The van der Waals surface area contributed by atoms with Gasteiger partial charge in [-0.15, -0.1) is 0 Å². The van der Waals surface area contributed by atoms with Crippen LogP contribution >= 0.6 is 11.6 Å². The van der Waals surface area contributed by atoms with E-state index in [0.29, 0.717) is 5.56 Å². The van der Waals surface area contributed by atoms with Crippen molar-refractivity contribution in [2.24, 2.45) is 0 Å². The van der Waals surface area contributed by atoms with Crippen molar-refractivity contribution in [2.75, 3.05) is 11.9 Å². The van der Waals surface area contributed by atoms with Gasteiger partial charge in [0.05, 0.1) is 0 Å². The summed E-state index contributed by atoms with van der Waals surface area (Å²) in [5.41, 5.74) is 1.60. The first-order valence-corrected chi connectivity index (χ1v) is 6.34. The highest BCUT2D eigenvalue weighted by Crippen LogP contribution is 2.02. The second kappa shape index (κ2) is 6.62. The van der Waals surface area contributed by atoms with Gasteiger partial charge in [0, 0.05) is 5.56 Å². The van der Waals surface area contributed by atoms with E-state index < -0.39 is 11.1 Å². The number of aryl methyl sites for hydroxylation is 1. The first kappa shape index (κ1) is 13.2. The van der Waals surface area contributed by atoms with Crippen molar-refractivity contribution in [3.8, 4) is 0 Å². The summed E-state index contributed by atoms with van der Waals surface area (Å²) in [6.07, 6.45) is 0. The Morgan fingerprint density at radius 2 is 2.06 bits per heavy atom. The fourth-order valence-electron chi connectivity index (χ4n) is 1.02. The smallest absolute Gasteiger partial charge is 0.252 e. The number of alkyl halides is 1. The Kier molecular flexibility index (Phi) is 5.45. The highest BCUT2D eigenvalue weighted by molar-refractivity contribution is 7.80. The van der Waals surface area contributed by atoms with Crippen LogP contribution in [0.5, 0.6) is 0 Å². The molecule has 1 N–H and O–H groups in total. The molecule has 0 radical (unpaired) electrons. The van der Waals surface area contributed by atoms with Gasteiger partial charge in [0.15, 0.2) is 11.1 Å². The molecule has 0 aliphatic carbocycles. The fraction of sp³-hybridized carbons (Fsp3) is 0.300. The minimum Gasteiger partial charge on any atom is -0.338 e. The highest BCUT2D eigenvalue weighted by Gasteiger charge is 2.06. The van der Waals surface area contributed by atoms with E-state index in [1.54, 1.807) is 12.1 Å². The second-order valence-corrected chi connectivity index (χ2v) is 4.40. The number of hydrogen-bond donors (Lipinski definition) is 1. The zero-order valence-corrected chi connectivity index (χ0v) is 10.3. The Labute approximate surface area is 102 Å².